The number of benzene rings is 2. The van der Waals surface area contributed by atoms with Crippen LogP contribution in [0.4, 0.5) is 0 Å². The Bertz CT molecular complexity index is 717. The Morgan fingerprint density at radius 1 is 1.19 bits per heavy atom. The standard InChI is InChI=1S/C17H14BrClO2/c1-17(2)9-12-5-10(3-4-15(12)21-17)16(20)11-6-13(18)8-14(19)7-11/h3-8H,9H2,1-2H3. The fraction of sp³-hybridized carbons (Fsp3) is 0.235. The van der Waals surface area contributed by atoms with Crippen molar-refractivity contribution in [3.05, 3.63) is 62.6 Å². The van der Waals surface area contributed by atoms with Crippen LogP contribution in [0.1, 0.15) is 35.3 Å². The van der Waals surface area contributed by atoms with Crippen LogP contribution in [0.3, 0.4) is 0 Å². The van der Waals surface area contributed by atoms with Crippen LogP contribution in [-0.4, -0.2) is 11.4 Å². The van der Waals surface area contributed by atoms with Crippen LogP contribution in [0.25, 0.3) is 0 Å². The predicted octanol–water partition coefficient (Wildman–Crippen LogP) is 5.05. The van der Waals surface area contributed by atoms with E-state index >= 15 is 0 Å². The van der Waals surface area contributed by atoms with E-state index in [1.54, 1.807) is 24.3 Å². The molecule has 0 amide bonds. The monoisotopic (exact) mass is 364 g/mol. The van der Waals surface area contributed by atoms with Crippen LogP contribution >= 0.6 is 27.5 Å². The van der Waals surface area contributed by atoms with Gasteiger partial charge in [-0.3, -0.25) is 4.79 Å². The summed E-state index contributed by atoms with van der Waals surface area (Å²) in [4.78, 5) is 12.6. The molecule has 0 aromatic heterocycles. The molecular formula is C17H14BrClO2. The first-order valence-corrected chi connectivity index (χ1v) is 7.84. The normalized spacial score (nSPS) is 15.4. The zero-order chi connectivity index (χ0) is 15.2. The summed E-state index contributed by atoms with van der Waals surface area (Å²) in [7, 11) is 0. The van der Waals surface area contributed by atoms with Crippen molar-refractivity contribution in [3.8, 4) is 5.75 Å². The second kappa shape index (κ2) is 5.15. The van der Waals surface area contributed by atoms with Gasteiger partial charge in [-0.25, -0.2) is 0 Å². The summed E-state index contributed by atoms with van der Waals surface area (Å²) in [5.74, 6) is 0.828. The van der Waals surface area contributed by atoms with Crippen LogP contribution in [-0.2, 0) is 6.42 Å². The van der Waals surface area contributed by atoms with Gasteiger partial charge in [-0.2, -0.15) is 0 Å². The first-order chi connectivity index (χ1) is 9.84. The third kappa shape index (κ3) is 2.99. The molecule has 0 saturated carbocycles. The maximum atomic E-state index is 12.6. The van der Waals surface area contributed by atoms with Gasteiger partial charge in [0.2, 0.25) is 0 Å². The van der Waals surface area contributed by atoms with E-state index in [0.717, 1.165) is 22.2 Å². The fourth-order valence-electron chi connectivity index (χ4n) is 2.60. The molecular weight excluding hydrogens is 352 g/mol. The maximum absolute atomic E-state index is 12.6. The molecule has 0 aliphatic carbocycles. The zero-order valence-electron chi connectivity index (χ0n) is 11.7. The third-order valence-corrected chi connectivity index (χ3v) is 4.13. The molecule has 0 saturated heterocycles. The van der Waals surface area contributed by atoms with Crippen LogP contribution in [0.5, 0.6) is 5.75 Å². The highest BCUT2D eigenvalue weighted by Gasteiger charge is 2.30. The molecule has 108 valence electrons. The molecule has 1 heterocycles. The Hall–Kier alpha value is -1.32. The summed E-state index contributed by atoms with van der Waals surface area (Å²) in [6.07, 6.45) is 0.808. The van der Waals surface area contributed by atoms with E-state index < -0.39 is 0 Å². The average Bonchev–Trinajstić information content (AvgIpc) is 2.69. The van der Waals surface area contributed by atoms with Crippen molar-refractivity contribution in [1.29, 1.82) is 0 Å². The second-order valence-electron chi connectivity index (χ2n) is 5.85. The number of hydrogen-bond acceptors (Lipinski definition) is 2. The van der Waals surface area contributed by atoms with Crippen LogP contribution in [0.2, 0.25) is 5.02 Å². The number of ketones is 1. The Kier molecular flexibility index (Phi) is 3.58. The minimum absolute atomic E-state index is 0.0364. The predicted molar refractivity (Wildman–Crippen MR) is 87.4 cm³/mol. The fourth-order valence-corrected chi connectivity index (χ4v) is 3.46. The molecule has 1 aliphatic heterocycles. The number of halogens is 2. The Labute approximate surface area is 137 Å². The number of rotatable bonds is 2. The minimum atomic E-state index is -0.205. The Morgan fingerprint density at radius 3 is 2.67 bits per heavy atom. The molecule has 0 N–H and O–H groups in total. The summed E-state index contributed by atoms with van der Waals surface area (Å²) >= 11 is 9.37. The van der Waals surface area contributed by atoms with Gasteiger partial charge in [-0.05, 0) is 55.8 Å². The quantitative estimate of drug-likeness (QED) is 0.696. The molecule has 2 aromatic carbocycles. The van der Waals surface area contributed by atoms with E-state index in [9.17, 15) is 4.79 Å². The van der Waals surface area contributed by atoms with Crippen LogP contribution in [0, 0.1) is 0 Å². The molecule has 0 spiro atoms. The first-order valence-electron chi connectivity index (χ1n) is 6.67. The first kappa shape index (κ1) is 14.6. The van der Waals surface area contributed by atoms with Gasteiger partial charge in [0.1, 0.15) is 11.4 Å². The molecule has 0 unspecified atom stereocenters. The van der Waals surface area contributed by atoms with Crippen molar-refractivity contribution < 1.29 is 9.53 Å². The van der Waals surface area contributed by atoms with Gasteiger partial charge in [-0.15, -0.1) is 0 Å². The third-order valence-electron chi connectivity index (χ3n) is 3.45. The van der Waals surface area contributed by atoms with Crippen LogP contribution < -0.4 is 4.74 Å². The highest BCUT2D eigenvalue weighted by molar-refractivity contribution is 9.10. The van der Waals surface area contributed by atoms with Crippen molar-refractivity contribution in [3.63, 3.8) is 0 Å². The van der Waals surface area contributed by atoms with Crippen molar-refractivity contribution in [2.75, 3.05) is 0 Å². The molecule has 21 heavy (non-hydrogen) atoms. The molecule has 3 rings (SSSR count). The lowest BCUT2D eigenvalue weighted by molar-refractivity contribution is 0.103. The number of ether oxygens (including phenoxy) is 1. The lowest BCUT2D eigenvalue weighted by Gasteiger charge is -2.16. The molecule has 0 fully saturated rings. The number of carbonyl (C=O) groups is 1. The highest BCUT2D eigenvalue weighted by atomic mass is 79.9. The van der Waals surface area contributed by atoms with Gasteiger partial charge >= 0.3 is 0 Å². The van der Waals surface area contributed by atoms with E-state index in [-0.39, 0.29) is 11.4 Å². The van der Waals surface area contributed by atoms with Crippen molar-refractivity contribution in [2.24, 2.45) is 0 Å². The summed E-state index contributed by atoms with van der Waals surface area (Å²) in [6, 6.07) is 10.8. The molecule has 4 heteroatoms. The van der Waals surface area contributed by atoms with E-state index in [4.69, 9.17) is 16.3 Å². The maximum Gasteiger partial charge on any atom is 0.193 e. The smallest absolute Gasteiger partial charge is 0.193 e. The summed E-state index contributed by atoms with van der Waals surface area (Å²) < 4.78 is 6.63. The van der Waals surface area contributed by atoms with Gasteiger partial charge in [0, 0.05) is 27.0 Å². The Morgan fingerprint density at radius 2 is 1.95 bits per heavy atom. The second-order valence-corrected chi connectivity index (χ2v) is 7.20. The number of hydrogen-bond donors (Lipinski definition) is 0. The van der Waals surface area contributed by atoms with Gasteiger partial charge < -0.3 is 4.74 Å². The van der Waals surface area contributed by atoms with E-state index in [0.29, 0.717) is 16.1 Å². The van der Waals surface area contributed by atoms with Gasteiger partial charge in [-0.1, -0.05) is 27.5 Å². The van der Waals surface area contributed by atoms with Crippen molar-refractivity contribution in [1.82, 2.24) is 0 Å². The molecule has 2 aromatic rings. The summed E-state index contributed by atoms with van der Waals surface area (Å²) in [5, 5.41) is 0.540. The van der Waals surface area contributed by atoms with Gasteiger partial charge in [0.25, 0.3) is 0 Å². The van der Waals surface area contributed by atoms with E-state index in [1.165, 1.54) is 0 Å². The molecule has 0 radical (unpaired) electrons. The van der Waals surface area contributed by atoms with Gasteiger partial charge in [0.05, 0.1) is 0 Å². The average molecular weight is 366 g/mol. The lowest BCUT2D eigenvalue weighted by atomic mass is 9.97. The van der Waals surface area contributed by atoms with E-state index in [1.807, 2.05) is 26.0 Å². The van der Waals surface area contributed by atoms with Crippen LogP contribution in [0.15, 0.2) is 40.9 Å². The summed E-state index contributed by atoms with van der Waals surface area (Å²) in [6.45, 7) is 4.09. The molecule has 1 aliphatic rings. The zero-order valence-corrected chi connectivity index (χ0v) is 14.1. The van der Waals surface area contributed by atoms with Gasteiger partial charge in [0.15, 0.2) is 5.78 Å². The van der Waals surface area contributed by atoms with Crippen molar-refractivity contribution >= 4 is 33.3 Å². The SMILES string of the molecule is CC1(C)Cc2cc(C(=O)c3cc(Cl)cc(Br)c3)ccc2O1. The highest BCUT2D eigenvalue weighted by Crippen LogP contribution is 2.35. The molecule has 2 nitrogen and oxygen atoms in total. The largest absolute Gasteiger partial charge is 0.487 e. The summed E-state index contributed by atoms with van der Waals surface area (Å²) in [5.41, 5.74) is 2.10. The topological polar surface area (TPSA) is 26.3 Å². The minimum Gasteiger partial charge on any atom is -0.487 e. The molecule has 0 atom stereocenters. The van der Waals surface area contributed by atoms with Crippen molar-refractivity contribution in [2.45, 2.75) is 25.9 Å². The lowest BCUT2D eigenvalue weighted by Crippen LogP contribution is -2.24. The molecule has 0 bridgehead atoms. The van der Waals surface area contributed by atoms with E-state index in [2.05, 4.69) is 15.9 Å². The number of fused-ring (bicyclic) bond motifs is 1. The number of carbonyl (C=O) groups excluding carboxylic acids is 1. The Balaban J connectivity index is 1.97.